The number of rotatable bonds is 1. The number of fused-ring (bicyclic) bond motifs is 1. The molecular weight excluding hydrogens is 142 g/mol. The smallest absolute Gasteiger partial charge is 0.251 e. The molecule has 0 saturated carbocycles. The number of amides is 1. The summed E-state index contributed by atoms with van der Waals surface area (Å²) in [5.41, 5.74) is 0.642. The van der Waals surface area contributed by atoms with E-state index in [9.17, 15) is 4.79 Å². The van der Waals surface area contributed by atoms with Gasteiger partial charge in [-0.15, -0.1) is 0 Å². The first kappa shape index (κ1) is 6.22. The number of carbonyl (C=O) groups excluding carboxylic acids is 1. The first-order chi connectivity index (χ1) is 5.31. The minimum atomic E-state index is -0.0803. The second-order valence-corrected chi connectivity index (χ2v) is 2.34. The molecule has 1 N–H and O–H groups in total. The molecule has 0 radical (unpaired) electrons. The highest BCUT2D eigenvalue weighted by molar-refractivity contribution is 5.95. The molecule has 0 unspecified atom stereocenters. The minimum absolute atomic E-state index is 0.0803. The molecule has 1 aromatic carbocycles. The number of hydrogen-bond donors (Lipinski definition) is 1. The van der Waals surface area contributed by atoms with Crippen LogP contribution in [0.3, 0.4) is 0 Å². The lowest BCUT2D eigenvalue weighted by molar-refractivity contribution is 0.0963. The quantitative estimate of drug-likeness (QED) is 0.618. The molecule has 2 rings (SSSR count). The van der Waals surface area contributed by atoms with Crippen molar-refractivity contribution in [1.82, 2.24) is 5.32 Å². The molecule has 0 bridgehead atoms. The largest absolute Gasteiger partial charge is 0.449 e. The Labute approximate surface area is 64.0 Å². The predicted octanol–water partition coefficient (Wildman–Crippen LogP) is 1.15. The van der Waals surface area contributed by atoms with Gasteiger partial charge < -0.3 is 10.1 Å². The lowest BCUT2D eigenvalue weighted by Gasteiger charge is -1.94. The van der Waals surface area contributed by atoms with E-state index in [0.717, 1.165) is 11.5 Å². The van der Waals surface area contributed by atoms with Crippen molar-refractivity contribution in [2.75, 3.05) is 7.05 Å². The summed E-state index contributed by atoms with van der Waals surface area (Å²) in [6.07, 6.45) is 0. The van der Waals surface area contributed by atoms with Gasteiger partial charge in [-0.1, -0.05) is 0 Å². The van der Waals surface area contributed by atoms with Crippen LogP contribution in [0.2, 0.25) is 0 Å². The van der Waals surface area contributed by atoms with Crippen LogP contribution >= 0.6 is 0 Å². The summed E-state index contributed by atoms with van der Waals surface area (Å²) in [6, 6.07) is 5.26. The van der Waals surface area contributed by atoms with Crippen molar-refractivity contribution in [3.05, 3.63) is 23.8 Å². The Morgan fingerprint density at radius 3 is 2.91 bits per heavy atom. The molecule has 1 amide bonds. The fraction of sp³-hybridized carbons (Fsp3) is 0.125. The van der Waals surface area contributed by atoms with Crippen LogP contribution < -0.4 is 10.1 Å². The highest BCUT2D eigenvalue weighted by atomic mass is 16.6. The van der Waals surface area contributed by atoms with Crippen LogP contribution in [0.1, 0.15) is 10.4 Å². The monoisotopic (exact) mass is 149 g/mol. The average Bonchev–Trinajstić information content (AvgIpc) is 2.80. The van der Waals surface area contributed by atoms with E-state index >= 15 is 0 Å². The molecule has 0 fully saturated rings. The highest BCUT2D eigenvalue weighted by Gasteiger charge is 2.20. The SMILES string of the molecule is CNC(=O)c1ccc2c(c1)O2. The predicted molar refractivity (Wildman–Crippen MR) is 39.9 cm³/mol. The van der Waals surface area contributed by atoms with E-state index in [4.69, 9.17) is 4.74 Å². The third kappa shape index (κ3) is 0.941. The Balaban J connectivity index is 2.34. The van der Waals surface area contributed by atoms with Gasteiger partial charge in [0.15, 0.2) is 11.5 Å². The van der Waals surface area contributed by atoms with Gasteiger partial charge in [0.05, 0.1) is 0 Å². The molecule has 0 aromatic heterocycles. The van der Waals surface area contributed by atoms with E-state index in [0.29, 0.717) is 5.56 Å². The van der Waals surface area contributed by atoms with E-state index in [1.807, 2.05) is 0 Å². The lowest BCUT2D eigenvalue weighted by atomic mass is 10.2. The van der Waals surface area contributed by atoms with Crippen LogP contribution in [0.5, 0.6) is 11.5 Å². The standard InChI is InChI=1S/C8H7NO2/c1-9-8(10)5-2-3-6-7(4-5)11-6/h2-4H,1H3,(H,9,10). The number of benzene rings is 1. The van der Waals surface area contributed by atoms with Gasteiger partial charge in [-0.3, -0.25) is 4.79 Å². The average molecular weight is 149 g/mol. The summed E-state index contributed by atoms with van der Waals surface area (Å²) in [4.78, 5) is 11.0. The van der Waals surface area contributed by atoms with Crippen LogP contribution in [0.4, 0.5) is 0 Å². The van der Waals surface area contributed by atoms with Gasteiger partial charge in [-0.05, 0) is 18.2 Å². The molecule has 3 heteroatoms. The molecule has 1 heterocycles. The Hall–Kier alpha value is -1.51. The third-order valence-corrected chi connectivity index (χ3v) is 1.61. The number of carbonyl (C=O) groups is 1. The molecular formula is C8H7NO2. The maximum atomic E-state index is 11.0. The summed E-state index contributed by atoms with van der Waals surface area (Å²) in [5, 5.41) is 2.54. The van der Waals surface area contributed by atoms with Gasteiger partial charge in [-0.2, -0.15) is 0 Å². The van der Waals surface area contributed by atoms with Gasteiger partial charge >= 0.3 is 0 Å². The zero-order chi connectivity index (χ0) is 7.84. The number of hydrogen-bond acceptors (Lipinski definition) is 2. The minimum Gasteiger partial charge on any atom is -0.449 e. The summed E-state index contributed by atoms with van der Waals surface area (Å²) < 4.78 is 4.99. The molecule has 11 heavy (non-hydrogen) atoms. The normalized spacial score (nSPS) is 11.4. The Bertz CT molecular complexity index is 320. The van der Waals surface area contributed by atoms with Gasteiger partial charge in [0.25, 0.3) is 5.91 Å². The van der Waals surface area contributed by atoms with E-state index in [1.54, 1.807) is 25.2 Å². The molecule has 3 nitrogen and oxygen atoms in total. The van der Waals surface area contributed by atoms with Crippen LogP contribution in [-0.4, -0.2) is 13.0 Å². The fourth-order valence-corrected chi connectivity index (χ4v) is 0.950. The van der Waals surface area contributed by atoms with Crippen molar-refractivity contribution in [1.29, 1.82) is 0 Å². The van der Waals surface area contributed by atoms with E-state index < -0.39 is 0 Å². The zero-order valence-electron chi connectivity index (χ0n) is 6.05. The van der Waals surface area contributed by atoms with E-state index in [2.05, 4.69) is 5.32 Å². The molecule has 0 saturated heterocycles. The summed E-state index contributed by atoms with van der Waals surface area (Å²) in [7, 11) is 1.61. The van der Waals surface area contributed by atoms with Crippen molar-refractivity contribution in [3.8, 4) is 11.5 Å². The second kappa shape index (κ2) is 1.99. The fourth-order valence-electron chi connectivity index (χ4n) is 0.950. The summed E-state index contributed by atoms with van der Waals surface area (Å²) in [5.74, 6) is 1.60. The second-order valence-electron chi connectivity index (χ2n) is 2.34. The van der Waals surface area contributed by atoms with Crippen LogP contribution in [0.25, 0.3) is 0 Å². The van der Waals surface area contributed by atoms with Crippen LogP contribution in [-0.2, 0) is 0 Å². The Morgan fingerprint density at radius 2 is 2.27 bits per heavy atom. The van der Waals surface area contributed by atoms with Gasteiger partial charge in [0, 0.05) is 12.6 Å². The van der Waals surface area contributed by atoms with Crippen molar-refractivity contribution < 1.29 is 9.53 Å². The van der Waals surface area contributed by atoms with Gasteiger partial charge in [-0.25, -0.2) is 0 Å². The maximum absolute atomic E-state index is 11.0. The van der Waals surface area contributed by atoms with Crippen LogP contribution in [0, 0.1) is 0 Å². The Kier molecular flexibility index (Phi) is 1.12. The van der Waals surface area contributed by atoms with Crippen molar-refractivity contribution in [2.24, 2.45) is 0 Å². The van der Waals surface area contributed by atoms with Crippen molar-refractivity contribution >= 4 is 5.91 Å². The zero-order valence-corrected chi connectivity index (χ0v) is 6.05. The molecule has 1 aliphatic heterocycles. The molecule has 0 spiro atoms. The van der Waals surface area contributed by atoms with E-state index in [1.165, 1.54) is 0 Å². The van der Waals surface area contributed by atoms with Gasteiger partial charge in [0.2, 0.25) is 0 Å². The first-order valence-corrected chi connectivity index (χ1v) is 3.35. The molecule has 1 aromatic rings. The first-order valence-electron chi connectivity index (χ1n) is 3.35. The third-order valence-electron chi connectivity index (χ3n) is 1.61. The lowest BCUT2D eigenvalue weighted by Crippen LogP contribution is -2.17. The van der Waals surface area contributed by atoms with E-state index in [-0.39, 0.29) is 5.91 Å². The van der Waals surface area contributed by atoms with Crippen LogP contribution in [0.15, 0.2) is 18.2 Å². The molecule has 0 atom stereocenters. The molecule has 56 valence electrons. The van der Waals surface area contributed by atoms with Gasteiger partial charge in [0.1, 0.15) is 0 Å². The molecule has 1 aliphatic rings. The number of nitrogens with one attached hydrogen (secondary N) is 1. The van der Waals surface area contributed by atoms with Crippen molar-refractivity contribution in [3.63, 3.8) is 0 Å². The maximum Gasteiger partial charge on any atom is 0.251 e. The topological polar surface area (TPSA) is 41.6 Å². The molecule has 0 aliphatic carbocycles. The summed E-state index contributed by atoms with van der Waals surface area (Å²) in [6.45, 7) is 0. The highest BCUT2D eigenvalue weighted by Crippen LogP contribution is 2.45. The number of ether oxygens (including phenoxy) is 1. The Morgan fingerprint density at radius 1 is 1.45 bits per heavy atom. The van der Waals surface area contributed by atoms with Crippen molar-refractivity contribution in [2.45, 2.75) is 0 Å². The summed E-state index contributed by atoms with van der Waals surface area (Å²) >= 11 is 0.